The fourth-order valence-electron chi connectivity index (χ4n) is 2.14. The number of aromatic nitrogens is 2. The van der Waals surface area contributed by atoms with Crippen LogP contribution in [0.2, 0.25) is 0 Å². The first-order chi connectivity index (χ1) is 8.66. The van der Waals surface area contributed by atoms with E-state index in [9.17, 15) is 9.59 Å². The van der Waals surface area contributed by atoms with Gasteiger partial charge in [0.1, 0.15) is 5.69 Å². The molecule has 2 rings (SSSR count). The van der Waals surface area contributed by atoms with Crippen molar-refractivity contribution >= 4 is 17.5 Å². The molecule has 0 saturated heterocycles. The summed E-state index contributed by atoms with van der Waals surface area (Å²) in [6, 6.07) is 2.68. The number of nitrogens with one attached hydrogen (secondary N) is 2. The van der Waals surface area contributed by atoms with Crippen LogP contribution in [-0.2, 0) is 0 Å². The Morgan fingerprint density at radius 1 is 1.33 bits per heavy atom. The van der Waals surface area contributed by atoms with E-state index < -0.39 is 0 Å². The van der Waals surface area contributed by atoms with Crippen molar-refractivity contribution in [1.29, 1.82) is 0 Å². The average Bonchev–Trinajstić information content (AvgIpc) is 2.56. The van der Waals surface area contributed by atoms with E-state index in [1.807, 2.05) is 0 Å². The normalized spacial score (nSPS) is 24.3. The van der Waals surface area contributed by atoms with Crippen molar-refractivity contribution in [3.63, 3.8) is 0 Å². The predicted octanol–water partition coefficient (Wildman–Crippen LogP) is 1.44. The zero-order valence-corrected chi connectivity index (χ0v) is 10.7. The van der Waals surface area contributed by atoms with Crippen LogP contribution in [-0.4, -0.2) is 27.5 Å². The fraction of sp³-hybridized carbons (Fsp3) is 0.583. The van der Waals surface area contributed by atoms with Crippen LogP contribution in [0.4, 0.5) is 0 Å². The zero-order valence-electron chi connectivity index (χ0n) is 9.99. The Hall–Kier alpha value is -1.36. The van der Waals surface area contributed by atoms with Gasteiger partial charge in [0.05, 0.1) is 5.38 Å². The van der Waals surface area contributed by atoms with Gasteiger partial charge in [-0.25, -0.2) is 5.10 Å². The molecule has 2 N–H and O–H groups in total. The van der Waals surface area contributed by atoms with Gasteiger partial charge in [0.25, 0.3) is 11.5 Å². The molecule has 1 fully saturated rings. The fourth-order valence-corrected chi connectivity index (χ4v) is 2.48. The van der Waals surface area contributed by atoms with Gasteiger partial charge >= 0.3 is 0 Å². The van der Waals surface area contributed by atoms with E-state index >= 15 is 0 Å². The lowest BCUT2D eigenvalue weighted by atomic mass is 10.1. The largest absolute Gasteiger partial charge is 0.346 e. The van der Waals surface area contributed by atoms with Crippen LogP contribution in [0.25, 0.3) is 0 Å². The number of nitrogens with zero attached hydrogens (tertiary/aromatic N) is 1. The SMILES string of the molecule is O=C(NC1CCCCCC1Cl)c1ccc(=O)[nH]n1. The molecule has 98 valence electrons. The van der Waals surface area contributed by atoms with Gasteiger partial charge in [0, 0.05) is 12.1 Å². The molecule has 0 radical (unpaired) electrons. The van der Waals surface area contributed by atoms with E-state index in [-0.39, 0.29) is 28.6 Å². The summed E-state index contributed by atoms with van der Waals surface area (Å²) >= 11 is 6.25. The third-order valence-corrected chi connectivity index (χ3v) is 3.68. The van der Waals surface area contributed by atoms with Crippen molar-refractivity contribution in [3.05, 3.63) is 28.2 Å². The van der Waals surface area contributed by atoms with Crippen LogP contribution in [0.1, 0.15) is 42.6 Å². The summed E-state index contributed by atoms with van der Waals surface area (Å²) in [5, 5.41) is 8.80. The second-order valence-electron chi connectivity index (χ2n) is 4.54. The highest BCUT2D eigenvalue weighted by Gasteiger charge is 2.24. The summed E-state index contributed by atoms with van der Waals surface area (Å²) in [4.78, 5) is 22.8. The number of aromatic amines is 1. The molecule has 1 aromatic rings. The van der Waals surface area contributed by atoms with Crippen molar-refractivity contribution in [3.8, 4) is 0 Å². The topological polar surface area (TPSA) is 74.8 Å². The van der Waals surface area contributed by atoms with Crippen molar-refractivity contribution in [1.82, 2.24) is 15.5 Å². The van der Waals surface area contributed by atoms with E-state index in [2.05, 4.69) is 15.5 Å². The van der Waals surface area contributed by atoms with Crippen molar-refractivity contribution in [2.24, 2.45) is 0 Å². The molecular formula is C12H16ClN3O2. The maximum atomic E-state index is 11.9. The van der Waals surface area contributed by atoms with Gasteiger partial charge in [0.2, 0.25) is 0 Å². The molecule has 5 nitrogen and oxygen atoms in total. The Morgan fingerprint density at radius 2 is 2.11 bits per heavy atom. The Morgan fingerprint density at radius 3 is 2.83 bits per heavy atom. The summed E-state index contributed by atoms with van der Waals surface area (Å²) in [7, 11) is 0. The lowest BCUT2D eigenvalue weighted by Gasteiger charge is -2.20. The van der Waals surface area contributed by atoms with Gasteiger partial charge in [-0.1, -0.05) is 19.3 Å². The molecular weight excluding hydrogens is 254 g/mol. The molecule has 0 aromatic carbocycles. The summed E-state index contributed by atoms with van der Waals surface area (Å²) in [5.41, 5.74) is -0.112. The van der Waals surface area contributed by atoms with Crippen LogP contribution in [0, 0.1) is 0 Å². The molecule has 1 amide bonds. The quantitative estimate of drug-likeness (QED) is 0.630. The number of H-pyrrole nitrogens is 1. The second kappa shape index (κ2) is 6.00. The Kier molecular flexibility index (Phi) is 4.36. The summed E-state index contributed by atoms with van der Waals surface area (Å²) in [6.45, 7) is 0. The number of alkyl halides is 1. The number of halogens is 1. The first-order valence-electron chi connectivity index (χ1n) is 6.17. The average molecular weight is 270 g/mol. The van der Waals surface area contributed by atoms with Gasteiger partial charge < -0.3 is 5.32 Å². The first kappa shape index (κ1) is 13.1. The van der Waals surface area contributed by atoms with Gasteiger partial charge in [0.15, 0.2) is 0 Å². The lowest BCUT2D eigenvalue weighted by molar-refractivity contribution is 0.0928. The highest BCUT2D eigenvalue weighted by molar-refractivity contribution is 6.21. The van der Waals surface area contributed by atoms with Crippen molar-refractivity contribution in [2.45, 2.75) is 43.5 Å². The molecule has 0 spiro atoms. The second-order valence-corrected chi connectivity index (χ2v) is 5.10. The summed E-state index contributed by atoms with van der Waals surface area (Å²) < 4.78 is 0. The molecule has 2 unspecified atom stereocenters. The minimum atomic E-state index is -0.323. The number of hydrogen-bond donors (Lipinski definition) is 2. The number of carbonyl (C=O) groups excluding carboxylic acids is 1. The third kappa shape index (κ3) is 3.32. The number of rotatable bonds is 2. The van der Waals surface area contributed by atoms with E-state index in [1.165, 1.54) is 12.1 Å². The number of amides is 1. The van der Waals surface area contributed by atoms with Crippen LogP contribution in [0.5, 0.6) is 0 Å². The molecule has 2 atom stereocenters. The summed E-state index contributed by atoms with van der Waals surface area (Å²) in [6.07, 6.45) is 5.16. The molecule has 1 aliphatic carbocycles. The maximum Gasteiger partial charge on any atom is 0.271 e. The highest BCUT2D eigenvalue weighted by Crippen LogP contribution is 2.22. The third-order valence-electron chi connectivity index (χ3n) is 3.16. The Labute approximate surface area is 110 Å². The number of carbonyl (C=O) groups is 1. The van der Waals surface area contributed by atoms with Gasteiger partial charge in [-0.3, -0.25) is 9.59 Å². The van der Waals surface area contributed by atoms with Gasteiger partial charge in [-0.05, 0) is 18.9 Å². The van der Waals surface area contributed by atoms with E-state index in [4.69, 9.17) is 11.6 Å². The molecule has 1 saturated carbocycles. The minimum Gasteiger partial charge on any atom is -0.346 e. The zero-order chi connectivity index (χ0) is 13.0. The summed E-state index contributed by atoms with van der Waals surface area (Å²) in [5.74, 6) is -0.288. The molecule has 1 heterocycles. The van der Waals surface area contributed by atoms with Crippen LogP contribution < -0.4 is 10.9 Å². The van der Waals surface area contributed by atoms with Crippen LogP contribution in [0.3, 0.4) is 0 Å². The first-order valence-corrected chi connectivity index (χ1v) is 6.61. The van der Waals surface area contributed by atoms with E-state index in [0.29, 0.717) is 0 Å². The molecule has 0 aliphatic heterocycles. The number of hydrogen-bond acceptors (Lipinski definition) is 3. The lowest BCUT2D eigenvalue weighted by Crippen LogP contribution is -2.41. The van der Waals surface area contributed by atoms with Crippen molar-refractivity contribution < 1.29 is 4.79 Å². The van der Waals surface area contributed by atoms with Crippen LogP contribution in [0.15, 0.2) is 16.9 Å². The highest BCUT2D eigenvalue weighted by atomic mass is 35.5. The Bertz CT molecular complexity index is 454. The predicted molar refractivity (Wildman–Crippen MR) is 68.8 cm³/mol. The minimum absolute atomic E-state index is 0.0182. The monoisotopic (exact) mass is 269 g/mol. The van der Waals surface area contributed by atoms with Gasteiger partial charge in [-0.2, -0.15) is 5.10 Å². The van der Waals surface area contributed by atoms with E-state index in [1.54, 1.807) is 0 Å². The van der Waals surface area contributed by atoms with Gasteiger partial charge in [-0.15, -0.1) is 11.6 Å². The molecule has 1 aliphatic rings. The van der Waals surface area contributed by atoms with E-state index in [0.717, 1.165) is 32.1 Å². The Balaban J connectivity index is 2.01. The van der Waals surface area contributed by atoms with Crippen LogP contribution >= 0.6 is 11.6 Å². The standard InChI is InChI=1S/C12H16ClN3O2/c13-8-4-2-1-3-5-9(8)14-12(18)10-6-7-11(17)16-15-10/h6-9H,1-5H2,(H,14,18)(H,16,17). The molecule has 18 heavy (non-hydrogen) atoms. The smallest absolute Gasteiger partial charge is 0.271 e. The molecule has 6 heteroatoms. The van der Waals surface area contributed by atoms with Crippen molar-refractivity contribution in [2.75, 3.05) is 0 Å². The molecule has 1 aromatic heterocycles. The maximum absolute atomic E-state index is 11.9. The molecule has 0 bridgehead atoms.